The van der Waals surface area contributed by atoms with Crippen molar-refractivity contribution < 1.29 is 9.21 Å². The highest BCUT2D eigenvalue weighted by Gasteiger charge is 2.08. The number of rotatable bonds is 4. The third-order valence-electron chi connectivity index (χ3n) is 2.73. The standard InChI is InChI=1S/C13H11N5O2/c19-13(12-6-14-9-20-12)16-5-10-1-3-11(4-2-10)18-8-15-7-17-18/h1-4,6-9H,5H2,(H,16,19). The summed E-state index contributed by atoms with van der Waals surface area (Å²) in [6, 6.07) is 7.64. The van der Waals surface area contributed by atoms with Gasteiger partial charge >= 0.3 is 0 Å². The van der Waals surface area contributed by atoms with E-state index in [1.165, 1.54) is 18.9 Å². The molecule has 0 atom stereocenters. The molecule has 0 bridgehead atoms. The summed E-state index contributed by atoms with van der Waals surface area (Å²) in [6.45, 7) is 0.414. The van der Waals surface area contributed by atoms with Crippen LogP contribution < -0.4 is 5.32 Å². The molecule has 1 aromatic carbocycles. The van der Waals surface area contributed by atoms with E-state index >= 15 is 0 Å². The lowest BCUT2D eigenvalue weighted by molar-refractivity contribution is 0.0923. The highest BCUT2D eigenvalue weighted by molar-refractivity contribution is 5.90. The molecule has 0 aliphatic rings. The SMILES string of the molecule is O=C(NCc1ccc(-n2cncn2)cc1)c1cnco1. The lowest BCUT2D eigenvalue weighted by Gasteiger charge is -2.05. The van der Waals surface area contributed by atoms with E-state index in [9.17, 15) is 4.79 Å². The van der Waals surface area contributed by atoms with Crippen LogP contribution in [0.25, 0.3) is 5.69 Å². The molecule has 3 aromatic rings. The minimum absolute atomic E-state index is 0.198. The number of carbonyl (C=O) groups is 1. The third-order valence-corrected chi connectivity index (χ3v) is 2.73. The van der Waals surface area contributed by atoms with Crippen molar-refractivity contribution in [2.45, 2.75) is 6.54 Å². The molecule has 0 fully saturated rings. The summed E-state index contributed by atoms with van der Waals surface area (Å²) in [5, 5.41) is 6.79. The van der Waals surface area contributed by atoms with Crippen LogP contribution in [-0.2, 0) is 6.54 Å². The maximum Gasteiger partial charge on any atom is 0.288 e. The third kappa shape index (κ3) is 2.56. The van der Waals surface area contributed by atoms with Gasteiger partial charge in [-0.05, 0) is 17.7 Å². The molecule has 0 unspecified atom stereocenters. The molecule has 0 saturated heterocycles. The zero-order chi connectivity index (χ0) is 13.8. The molecule has 1 N–H and O–H groups in total. The molecule has 100 valence electrons. The summed E-state index contributed by atoms with van der Waals surface area (Å²) in [7, 11) is 0. The number of aromatic nitrogens is 4. The van der Waals surface area contributed by atoms with E-state index in [1.54, 1.807) is 11.0 Å². The summed E-state index contributed by atoms with van der Waals surface area (Å²) in [6.07, 6.45) is 5.71. The molecule has 0 aliphatic heterocycles. The van der Waals surface area contributed by atoms with Gasteiger partial charge in [0.05, 0.1) is 11.9 Å². The molecule has 0 radical (unpaired) electrons. The van der Waals surface area contributed by atoms with Crippen molar-refractivity contribution in [1.29, 1.82) is 0 Å². The lowest BCUT2D eigenvalue weighted by atomic mass is 10.2. The van der Waals surface area contributed by atoms with Crippen molar-refractivity contribution in [2.24, 2.45) is 0 Å². The van der Waals surface area contributed by atoms with Crippen molar-refractivity contribution in [3.63, 3.8) is 0 Å². The quantitative estimate of drug-likeness (QED) is 0.768. The topological polar surface area (TPSA) is 85.8 Å². The van der Waals surface area contributed by atoms with Gasteiger partial charge in [-0.1, -0.05) is 12.1 Å². The lowest BCUT2D eigenvalue weighted by Crippen LogP contribution is -2.22. The second kappa shape index (κ2) is 5.35. The Labute approximate surface area is 114 Å². The van der Waals surface area contributed by atoms with Crippen molar-refractivity contribution in [2.75, 3.05) is 0 Å². The minimum Gasteiger partial charge on any atom is -0.438 e. The van der Waals surface area contributed by atoms with Crippen molar-refractivity contribution in [1.82, 2.24) is 25.1 Å². The van der Waals surface area contributed by atoms with Gasteiger partial charge in [-0.25, -0.2) is 14.6 Å². The van der Waals surface area contributed by atoms with Gasteiger partial charge in [0.1, 0.15) is 12.7 Å². The summed E-state index contributed by atoms with van der Waals surface area (Å²) < 4.78 is 6.57. The Morgan fingerprint density at radius 1 is 1.25 bits per heavy atom. The molecule has 1 amide bonds. The molecular formula is C13H11N5O2. The van der Waals surface area contributed by atoms with Gasteiger partial charge in [0.15, 0.2) is 6.39 Å². The summed E-state index contributed by atoms with van der Waals surface area (Å²) >= 11 is 0. The van der Waals surface area contributed by atoms with E-state index < -0.39 is 0 Å². The average Bonchev–Trinajstić information content (AvgIpc) is 3.18. The number of oxazole rings is 1. The smallest absolute Gasteiger partial charge is 0.288 e. The second-order valence-corrected chi connectivity index (χ2v) is 4.05. The minimum atomic E-state index is -0.289. The monoisotopic (exact) mass is 269 g/mol. The van der Waals surface area contributed by atoms with Crippen LogP contribution in [0.1, 0.15) is 16.1 Å². The van der Waals surface area contributed by atoms with E-state index in [0.29, 0.717) is 6.54 Å². The number of amides is 1. The molecule has 3 rings (SSSR count). The highest BCUT2D eigenvalue weighted by Crippen LogP contribution is 2.08. The van der Waals surface area contributed by atoms with E-state index in [2.05, 4.69) is 20.4 Å². The Kier molecular flexibility index (Phi) is 3.24. The van der Waals surface area contributed by atoms with Crippen LogP contribution in [-0.4, -0.2) is 25.7 Å². The van der Waals surface area contributed by atoms with Crippen LogP contribution in [0.4, 0.5) is 0 Å². The van der Waals surface area contributed by atoms with Gasteiger partial charge in [-0.15, -0.1) is 0 Å². The Morgan fingerprint density at radius 3 is 2.75 bits per heavy atom. The maximum absolute atomic E-state index is 11.7. The fraction of sp³-hybridized carbons (Fsp3) is 0.0769. The zero-order valence-electron chi connectivity index (χ0n) is 10.4. The van der Waals surface area contributed by atoms with E-state index in [0.717, 1.165) is 11.3 Å². The van der Waals surface area contributed by atoms with E-state index in [-0.39, 0.29) is 11.7 Å². The first kappa shape index (κ1) is 12.1. The van der Waals surface area contributed by atoms with Gasteiger partial charge in [0.25, 0.3) is 5.91 Å². The maximum atomic E-state index is 11.7. The zero-order valence-corrected chi connectivity index (χ0v) is 10.4. The van der Waals surface area contributed by atoms with Crippen molar-refractivity contribution >= 4 is 5.91 Å². The number of hydrogen-bond donors (Lipinski definition) is 1. The summed E-state index contributed by atoms with van der Waals surface area (Å²) in [4.78, 5) is 19.2. The highest BCUT2D eigenvalue weighted by atomic mass is 16.3. The fourth-order valence-corrected chi connectivity index (χ4v) is 1.71. The first-order chi connectivity index (χ1) is 9.83. The molecular weight excluding hydrogens is 258 g/mol. The number of benzene rings is 1. The predicted molar refractivity (Wildman–Crippen MR) is 69.0 cm³/mol. The van der Waals surface area contributed by atoms with Crippen LogP contribution in [0.3, 0.4) is 0 Å². The average molecular weight is 269 g/mol. The number of nitrogens with one attached hydrogen (secondary N) is 1. The summed E-state index contributed by atoms with van der Waals surface area (Å²) in [5.41, 5.74) is 1.88. The largest absolute Gasteiger partial charge is 0.438 e. The van der Waals surface area contributed by atoms with Crippen LogP contribution in [0.15, 0.2) is 53.9 Å². The molecule has 20 heavy (non-hydrogen) atoms. The molecule has 7 heteroatoms. The molecule has 2 heterocycles. The van der Waals surface area contributed by atoms with Crippen LogP contribution in [0.2, 0.25) is 0 Å². The second-order valence-electron chi connectivity index (χ2n) is 4.05. The van der Waals surface area contributed by atoms with Crippen LogP contribution in [0, 0.1) is 0 Å². The Morgan fingerprint density at radius 2 is 2.10 bits per heavy atom. The Bertz CT molecular complexity index is 674. The molecule has 0 saturated carbocycles. The van der Waals surface area contributed by atoms with E-state index in [1.807, 2.05) is 24.3 Å². The van der Waals surface area contributed by atoms with Gasteiger partial charge < -0.3 is 9.73 Å². The van der Waals surface area contributed by atoms with Crippen LogP contribution >= 0.6 is 0 Å². The van der Waals surface area contributed by atoms with E-state index in [4.69, 9.17) is 4.42 Å². The Hall–Kier alpha value is -2.96. The molecule has 7 nitrogen and oxygen atoms in total. The predicted octanol–water partition coefficient (Wildman–Crippen LogP) is 1.19. The number of hydrogen-bond acceptors (Lipinski definition) is 5. The number of carbonyl (C=O) groups excluding carboxylic acids is 1. The van der Waals surface area contributed by atoms with Gasteiger partial charge in [-0.2, -0.15) is 5.10 Å². The van der Waals surface area contributed by atoms with Crippen LogP contribution in [0.5, 0.6) is 0 Å². The van der Waals surface area contributed by atoms with Crippen molar-refractivity contribution in [3.8, 4) is 5.69 Å². The normalized spacial score (nSPS) is 10.4. The molecule has 2 aromatic heterocycles. The molecule has 0 aliphatic carbocycles. The van der Waals surface area contributed by atoms with Crippen molar-refractivity contribution in [3.05, 3.63) is 60.8 Å². The van der Waals surface area contributed by atoms with Gasteiger partial charge in [0, 0.05) is 6.54 Å². The number of nitrogens with zero attached hydrogens (tertiary/aromatic N) is 4. The van der Waals surface area contributed by atoms with Gasteiger partial charge in [0.2, 0.25) is 5.76 Å². The molecule has 0 spiro atoms. The first-order valence-electron chi connectivity index (χ1n) is 5.93. The summed E-state index contributed by atoms with van der Waals surface area (Å²) in [5.74, 6) is -0.0907. The fourth-order valence-electron chi connectivity index (χ4n) is 1.71. The Balaban J connectivity index is 1.63. The van der Waals surface area contributed by atoms with Gasteiger partial charge in [-0.3, -0.25) is 4.79 Å². The first-order valence-corrected chi connectivity index (χ1v) is 5.93.